The zero-order chi connectivity index (χ0) is 22.2. The molecule has 0 aliphatic carbocycles. The van der Waals surface area contributed by atoms with Gasteiger partial charge in [0, 0.05) is 5.56 Å². The van der Waals surface area contributed by atoms with Crippen LogP contribution in [0.5, 0.6) is 11.5 Å². The lowest BCUT2D eigenvalue weighted by Gasteiger charge is -2.06. The molecule has 0 aliphatic rings. The Morgan fingerprint density at radius 1 is 0.903 bits per heavy atom. The molecule has 1 amide bonds. The standard InChI is InChI=1S/C23H18Cl2N2O4/c1-2-30-18-10-5-16(6-11-18)23(29)31-19-8-3-15(4-9-19)14-26-27-22(28)17-7-12-20(24)21(25)13-17/h3-14H,2H2,1H3,(H,27,28)/b26-14+. The number of carbonyl (C=O) groups is 2. The summed E-state index contributed by atoms with van der Waals surface area (Å²) in [5.41, 5.74) is 3.87. The minimum Gasteiger partial charge on any atom is -0.494 e. The van der Waals surface area contributed by atoms with Crippen molar-refractivity contribution >= 4 is 41.3 Å². The van der Waals surface area contributed by atoms with Crippen molar-refractivity contribution in [2.24, 2.45) is 5.10 Å². The molecule has 31 heavy (non-hydrogen) atoms. The van der Waals surface area contributed by atoms with E-state index in [1.54, 1.807) is 54.6 Å². The number of benzene rings is 3. The lowest BCUT2D eigenvalue weighted by Crippen LogP contribution is -2.17. The van der Waals surface area contributed by atoms with Gasteiger partial charge in [0.2, 0.25) is 0 Å². The predicted molar refractivity (Wildman–Crippen MR) is 121 cm³/mol. The zero-order valence-electron chi connectivity index (χ0n) is 16.5. The smallest absolute Gasteiger partial charge is 0.343 e. The average molecular weight is 457 g/mol. The number of hydrogen-bond acceptors (Lipinski definition) is 5. The number of nitrogens with zero attached hydrogens (tertiary/aromatic N) is 1. The topological polar surface area (TPSA) is 77.0 Å². The van der Waals surface area contributed by atoms with Crippen LogP contribution in [0.1, 0.15) is 33.2 Å². The first-order valence-electron chi connectivity index (χ1n) is 9.30. The van der Waals surface area contributed by atoms with Crippen LogP contribution in [0.2, 0.25) is 10.0 Å². The van der Waals surface area contributed by atoms with Crippen molar-refractivity contribution in [3.05, 3.63) is 93.5 Å². The fraction of sp³-hybridized carbons (Fsp3) is 0.0870. The summed E-state index contributed by atoms with van der Waals surface area (Å²) in [6, 6.07) is 17.9. The first-order chi connectivity index (χ1) is 15.0. The molecule has 0 atom stereocenters. The Balaban J connectivity index is 1.55. The maximum absolute atomic E-state index is 12.2. The van der Waals surface area contributed by atoms with Crippen molar-refractivity contribution in [2.45, 2.75) is 6.92 Å². The summed E-state index contributed by atoms with van der Waals surface area (Å²) in [4.78, 5) is 24.3. The fourth-order valence-electron chi connectivity index (χ4n) is 2.51. The van der Waals surface area contributed by atoms with Crippen LogP contribution >= 0.6 is 23.2 Å². The van der Waals surface area contributed by atoms with Crippen LogP contribution in [-0.2, 0) is 0 Å². The van der Waals surface area contributed by atoms with Gasteiger partial charge in [-0.25, -0.2) is 10.2 Å². The second-order valence-corrected chi connectivity index (χ2v) is 7.06. The molecule has 0 radical (unpaired) electrons. The largest absolute Gasteiger partial charge is 0.494 e. The summed E-state index contributed by atoms with van der Waals surface area (Å²) >= 11 is 11.7. The van der Waals surface area contributed by atoms with E-state index in [1.165, 1.54) is 18.3 Å². The molecule has 0 unspecified atom stereocenters. The Morgan fingerprint density at radius 2 is 1.55 bits per heavy atom. The highest BCUT2D eigenvalue weighted by atomic mass is 35.5. The van der Waals surface area contributed by atoms with E-state index in [-0.39, 0.29) is 5.02 Å². The monoisotopic (exact) mass is 456 g/mol. The molecule has 8 heteroatoms. The van der Waals surface area contributed by atoms with Crippen molar-refractivity contribution in [3.8, 4) is 11.5 Å². The third-order valence-electron chi connectivity index (χ3n) is 4.05. The average Bonchev–Trinajstić information content (AvgIpc) is 2.77. The van der Waals surface area contributed by atoms with E-state index < -0.39 is 11.9 Å². The number of rotatable bonds is 7. The van der Waals surface area contributed by atoms with E-state index in [2.05, 4.69) is 10.5 Å². The number of esters is 1. The first-order valence-corrected chi connectivity index (χ1v) is 10.1. The van der Waals surface area contributed by atoms with Gasteiger partial charge in [-0.1, -0.05) is 23.2 Å². The molecule has 0 bridgehead atoms. The molecule has 0 aromatic heterocycles. The summed E-state index contributed by atoms with van der Waals surface area (Å²) < 4.78 is 10.7. The first kappa shape index (κ1) is 22.3. The number of nitrogens with one attached hydrogen (secondary N) is 1. The molecule has 0 saturated heterocycles. The van der Waals surface area contributed by atoms with Gasteiger partial charge >= 0.3 is 5.97 Å². The van der Waals surface area contributed by atoms with Gasteiger partial charge in [-0.05, 0) is 79.2 Å². The molecular formula is C23H18Cl2N2O4. The molecule has 6 nitrogen and oxygen atoms in total. The summed E-state index contributed by atoms with van der Waals surface area (Å²) in [5, 5.41) is 4.56. The summed E-state index contributed by atoms with van der Waals surface area (Å²) in [7, 11) is 0. The molecule has 158 valence electrons. The van der Waals surface area contributed by atoms with Gasteiger partial charge in [0.05, 0.1) is 28.4 Å². The van der Waals surface area contributed by atoms with Crippen molar-refractivity contribution in [2.75, 3.05) is 6.61 Å². The molecule has 0 saturated carbocycles. The molecule has 0 heterocycles. The minimum absolute atomic E-state index is 0.286. The number of halogens is 2. The maximum atomic E-state index is 12.2. The second kappa shape index (κ2) is 10.6. The Bertz CT molecular complexity index is 1100. The quantitative estimate of drug-likeness (QED) is 0.224. The van der Waals surface area contributed by atoms with Gasteiger partial charge in [0.15, 0.2) is 0 Å². The van der Waals surface area contributed by atoms with Crippen LogP contribution in [0, 0.1) is 0 Å². The van der Waals surface area contributed by atoms with Crippen LogP contribution in [0.15, 0.2) is 71.8 Å². The highest BCUT2D eigenvalue weighted by molar-refractivity contribution is 6.42. The second-order valence-electron chi connectivity index (χ2n) is 6.24. The molecule has 3 aromatic carbocycles. The van der Waals surface area contributed by atoms with Crippen molar-refractivity contribution in [3.63, 3.8) is 0 Å². The number of amides is 1. The summed E-state index contributed by atoms with van der Waals surface area (Å²) in [5.74, 6) is 0.180. The third-order valence-corrected chi connectivity index (χ3v) is 4.79. The Labute approximate surface area is 189 Å². The van der Waals surface area contributed by atoms with E-state index in [9.17, 15) is 9.59 Å². The van der Waals surface area contributed by atoms with Crippen molar-refractivity contribution in [1.29, 1.82) is 0 Å². The lowest BCUT2D eigenvalue weighted by atomic mass is 10.2. The highest BCUT2D eigenvalue weighted by Gasteiger charge is 2.09. The number of carbonyl (C=O) groups excluding carboxylic acids is 2. The van der Waals surface area contributed by atoms with Crippen LogP contribution in [0.25, 0.3) is 0 Å². The van der Waals surface area contributed by atoms with Crippen LogP contribution in [0.3, 0.4) is 0 Å². The summed E-state index contributed by atoms with van der Waals surface area (Å²) in [6.07, 6.45) is 1.47. The highest BCUT2D eigenvalue weighted by Crippen LogP contribution is 2.22. The summed E-state index contributed by atoms with van der Waals surface area (Å²) in [6.45, 7) is 2.44. The number of hydrogen-bond donors (Lipinski definition) is 1. The van der Waals surface area contributed by atoms with Gasteiger partial charge in [-0.15, -0.1) is 0 Å². The van der Waals surface area contributed by atoms with Gasteiger partial charge < -0.3 is 9.47 Å². The third kappa shape index (κ3) is 6.31. The number of hydrazone groups is 1. The number of ether oxygens (including phenoxy) is 2. The zero-order valence-corrected chi connectivity index (χ0v) is 18.0. The molecule has 3 aromatic rings. The lowest BCUT2D eigenvalue weighted by molar-refractivity contribution is 0.0734. The van der Waals surface area contributed by atoms with Gasteiger partial charge in [-0.3, -0.25) is 4.79 Å². The molecule has 0 spiro atoms. The normalized spacial score (nSPS) is 10.7. The van der Waals surface area contributed by atoms with Gasteiger partial charge in [-0.2, -0.15) is 5.10 Å². The van der Waals surface area contributed by atoms with Crippen LogP contribution in [-0.4, -0.2) is 24.7 Å². The Hall–Kier alpha value is -3.35. The molecule has 0 aliphatic heterocycles. The van der Waals surface area contributed by atoms with E-state index >= 15 is 0 Å². The van der Waals surface area contributed by atoms with E-state index in [4.69, 9.17) is 32.7 Å². The van der Waals surface area contributed by atoms with E-state index in [0.717, 1.165) is 0 Å². The molecule has 1 N–H and O–H groups in total. The van der Waals surface area contributed by atoms with Crippen molar-refractivity contribution in [1.82, 2.24) is 5.43 Å². The fourth-order valence-corrected chi connectivity index (χ4v) is 2.81. The van der Waals surface area contributed by atoms with Crippen LogP contribution < -0.4 is 14.9 Å². The van der Waals surface area contributed by atoms with Crippen molar-refractivity contribution < 1.29 is 19.1 Å². The van der Waals surface area contributed by atoms with E-state index in [1.807, 2.05) is 6.92 Å². The predicted octanol–water partition coefficient (Wildman–Crippen LogP) is 5.38. The Kier molecular flexibility index (Phi) is 7.65. The molecule has 0 fully saturated rings. The van der Waals surface area contributed by atoms with E-state index in [0.29, 0.717) is 39.8 Å². The molecule has 3 rings (SSSR count). The SMILES string of the molecule is CCOc1ccc(C(=O)Oc2ccc(/C=N/NC(=O)c3ccc(Cl)c(Cl)c3)cc2)cc1. The maximum Gasteiger partial charge on any atom is 0.343 e. The molecular weight excluding hydrogens is 439 g/mol. The van der Waals surface area contributed by atoms with Gasteiger partial charge in [0.1, 0.15) is 11.5 Å². The minimum atomic E-state index is -0.474. The van der Waals surface area contributed by atoms with Gasteiger partial charge in [0.25, 0.3) is 5.91 Å². The van der Waals surface area contributed by atoms with Crippen LogP contribution in [0.4, 0.5) is 0 Å². The Morgan fingerprint density at radius 3 is 2.19 bits per heavy atom.